The molecule has 0 radical (unpaired) electrons. The fourth-order valence-electron chi connectivity index (χ4n) is 2.69. The van der Waals surface area contributed by atoms with Gasteiger partial charge in [-0.15, -0.1) is 12.4 Å². The summed E-state index contributed by atoms with van der Waals surface area (Å²) < 4.78 is 0. The van der Waals surface area contributed by atoms with Crippen LogP contribution in [0, 0.1) is 0 Å². The molecule has 0 aromatic heterocycles. The molecule has 2 atom stereocenters. The number of carbonyl (C=O) groups excluding carboxylic acids is 2. The molecule has 2 rings (SSSR count). The third-order valence-corrected chi connectivity index (χ3v) is 3.78. The van der Waals surface area contributed by atoms with E-state index in [1.165, 1.54) is 6.92 Å². The van der Waals surface area contributed by atoms with Crippen molar-refractivity contribution in [3.8, 4) is 0 Å². The third kappa shape index (κ3) is 5.00. The number of carbonyl (C=O) groups is 2. The first-order valence-corrected chi connectivity index (χ1v) is 7.40. The van der Waals surface area contributed by atoms with Crippen molar-refractivity contribution in [1.29, 1.82) is 0 Å². The smallest absolute Gasteiger partial charge is 0.225 e. The zero-order valence-corrected chi connectivity index (χ0v) is 13.9. The minimum atomic E-state index is -0.265. The second-order valence-corrected chi connectivity index (χ2v) is 5.51. The molecule has 0 bridgehead atoms. The molecule has 2 amide bonds. The first-order chi connectivity index (χ1) is 10.1. The molecule has 1 unspecified atom stereocenters. The van der Waals surface area contributed by atoms with E-state index < -0.39 is 0 Å². The van der Waals surface area contributed by atoms with E-state index in [4.69, 9.17) is 0 Å². The maximum absolute atomic E-state index is 12.5. The highest BCUT2D eigenvalue weighted by Crippen LogP contribution is 2.19. The highest BCUT2D eigenvalue weighted by molar-refractivity contribution is 5.85. The summed E-state index contributed by atoms with van der Waals surface area (Å²) in [5.41, 5.74) is 0.962. The number of piperazine rings is 1. The topological polar surface area (TPSA) is 61.4 Å². The van der Waals surface area contributed by atoms with Crippen LogP contribution >= 0.6 is 12.4 Å². The zero-order valence-electron chi connectivity index (χ0n) is 13.0. The Labute approximate surface area is 137 Å². The van der Waals surface area contributed by atoms with Gasteiger partial charge in [0.15, 0.2) is 0 Å². The molecular weight excluding hydrogens is 302 g/mol. The molecule has 1 aliphatic rings. The van der Waals surface area contributed by atoms with Crippen LogP contribution in [-0.2, 0) is 9.59 Å². The summed E-state index contributed by atoms with van der Waals surface area (Å²) in [6.45, 7) is 5.89. The molecule has 1 aromatic rings. The highest BCUT2D eigenvalue weighted by Gasteiger charge is 2.26. The number of nitrogens with zero attached hydrogens (tertiary/aromatic N) is 1. The van der Waals surface area contributed by atoms with Crippen LogP contribution in [0.1, 0.15) is 31.9 Å². The van der Waals surface area contributed by atoms with Crippen LogP contribution in [0.15, 0.2) is 30.3 Å². The Kier molecular flexibility index (Phi) is 7.35. The molecule has 1 heterocycles. The van der Waals surface area contributed by atoms with Crippen molar-refractivity contribution in [3.63, 3.8) is 0 Å². The van der Waals surface area contributed by atoms with Crippen LogP contribution < -0.4 is 10.6 Å². The number of nitrogens with one attached hydrogen (secondary N) is 2. The van der Waals surface area contributed by atoms with Gasteiger partial charge in [-0.25, -0.2) is 0 Å². The molecule has 0 spiro atoms. The summed E-state index contributed by atoms with van der Waals surface area (Å²) in [6, 6.07) is 9.57. The first kappa shape index (κ1) is 18.5. The van der Waals surface area contributed by atoms with Crippen LogP contribution in [0.25, 0.3) is 0 Å². The summed E-state index contributed by atoms with van der Waals surface area (Å²) in [7, 11) is 0. The van der Waals surface area contributed by atoms with Gasteiger partial charge in [0, 0.05) is 32.6 Å². The van der Waals surface area contributed by atoms with Crippen LogP contribution in [0.4, 0.5) is 0 Å². The van der Waals surface area contributed by atoms with Gasteiger partial charge in [-0.3, -0.25) is 9.59 Å². The van der Waals surface area contributed by atoms with Crippen LogP contribution in [0.2, 0.25) is 0 Å². The van der Waals surface area contributed by atoms with E-state index in [9.17, 15) is 9.59 Å². The van der Waals surface area contributed by atoms with Crippen molar-refractivity contribution < 1.29 is 9.59 Å². The predicted octanol–water partition coefficient (Wildman–Crippen LogP) is 1.50. The monoisotopic (exact) mass is 325 g/mol. The van der Waals surface area contributed by atoms with E-state index in [1.54, 1.807) is 0 Å². The number of hydrogen-bond acceptors (Lipinski definition) is 3. The predicted molar refractivity (Wildman–Crippen MR) is 88.9 cm³/mol. The van der Waals surface area contributed by atoms with Gasteiger partial charge in [-0.1, -0.05) is 30.3 Å². The maximum atomic E-state index is 12.5. The Balaban J connectivity index is 0.00000242. The van der Waals surface area contributed by atoms with E-state index in [1.807, 2.05) is 42.2 Å². The number of amides is 2. The fourth-order valence-corrected chi connectivity index (χ4v) is 2.69. The normalized spacial score (nSPS) is 19.0. The van der Waals surface area contributed by atoms with Crippen molar-refractivity contribution in [2.24, 2.45) is 0 Å². The molecule has 0 saturated carbocycles. The number of halogens is 1. The lowest BCUT2D eigenvalue weighted by Crippen LogP contribution is -2.52. The van der Waals surface area contributed by atoms with Gasteiger partial charge in [-0.2, -0.15) is 0 Å². The minimum absolute atomic E-state index is 0. The number of rotatable bonds is 4. The standard InChI is InChI=1S/C16H23N3O2.ClH/c1-12-11-17-8-9-19(12)16(21)10-15(18-13(2)20)14-6-4-3-5-7-14;/h3-7,12,15,17H,8-11H2,1-2H3,(H,18,20);1H/t12-,15?;/m0./s1. The van der Waals surface area contributed by atoms with E-state index >= 15 is 0 Å². The summed E-state index contributed by atoms with van der Waals surface area (Å²) in [5, 5.41) is 6.15. The Bertz CT molecular complexity index is 495. The Hall–Kier alpha value is -1.59. The Morgan fingerprint density at radius 1 is 1.36 bits per heavy atom. The molecule has 6 heteroatoms. The van der Waals surface area contributed by atoms with Gasteiger partial charge >= 0.3 is 0 Å². The number of hydrogen-bond donors (Lipinski definition) is 2. The molecule has 0 aliphatic carbocycles. The molecule has 1 saturated heterocycles. The lowest BCUT2D eigenvalue weighted by molar-refractivity contribution is -0.134. The molecule has 22 heavy (non-hydrogen) atoms. The van der Waals surface area contributed by atoms with E-state index in [-0.39, 0.29) is 36.3 Å². The molecule has 1 aromatic carbocycles. The van der Waals surface area contributed by atoms with Crippen LogP contribution in [-0.4, -0.2) is 42.4 Å². The molecule has 122 valence electrons. The summed E-state index contributed by atoms with van der Waals surface area (Å²) >= 11 is 0. The Morgan fingerprint density at radius 2 is 2.05 bits per heavy atom. The number of benzene rings is 1. The van der Waals surface area contributed by atoms with Gasteiger partial charge in [0.25, 0.3) is 0 Å². The Morgan fingerprint density at radius 3 is 2.64 bits per heavy atom. The molecular formula is C16H24ClN3O2. The first-order valence-electron chi connectivity index (χ1n) is 7.40. The van der Waals surface area contributed by atoms with Crippen molar-refractivity contribution in [1.82, 2.24) is 15.5 Å². The van der Waals surface area contributed by atoms with E-state index in [2.05, 4.69) is 10.6 Å². The summed E-state index contributed by atoms with van der Waals surface area (Å²) in [4.78, 5) is 25.8. The molecule has 1 aliphatic heterocycles. The van der Waals surface area contributed by atoms with Crippen molar-refractivity contribution in [2.45, 2.75) is 32.4 Å². The lowest BCUT2D eigenvalue weighted by atomic mass is 10.0. The van der Waals surface area contributed by atoms with Gasteiger partial charge in [0.1, 0.15) is 0 Å². The van der Waals surface area contributed by atoms with Crippen LogP contribution in [0.5, 0.6) is 0 Å². The molecule has 5 nitrogen and oxygen atoms in total. The largest absolute Gasteiger partial charge is 0.349 e. The zero-order chi connectivity index (χ0) is 15.2. The minimum Gasteiger partial charge on any atom is -0.349 e. The SMILES string of the molecule is CC(=O)NC(CC(=O)N1CCNC[C@@H]1C)c1ccccc1.Cl. The average molecular weight is 326 g/mol. The quantitative estimate of drug-likeness (QED) is 0.882. The lowest BCUT2D eigenvalue weighted by Gasteiger charge is -2.35. The average Bonchev–Trinajstić information content (AvgIpc) is 2.47. The van der Waals surface area contributed by atoms with Gasteiger partial charge in [-0.05, 0) is 12.5 Å². The highest BCUT2D eigenvalue weighted by atomic mass is 35.5. The van der Waals surface area contributed by atoms with Gasteiger partial charge in [0.2, 0.25) is 11.8 Å². The van der Waals surface area contributed by atoms with Crippen LogP contribution in [0.3, 0.4) is 0 Å². The second-order valence-electron chi connectivity index (χ2n) is 5.51. The summed E-state index contributed by atoms with van der Waals surface area (Å²) in [6.07, 6.45) is 0.300. The van der Waals surface area contributed by atoms with Crippen molar-refractivity contribution in [3.05, 3.63) is 35.9 Å². The summed E-state index contributed by atoms with van der Waals surface area (Å²) in [5.74, 6) is -0.0309. The fraction of sp³-hybridized carbons (Fsp3) is 0.500. The third-order valence-electron chi connectivity index (χ3n) is 3.78. The van der Waals surface area contributed by atoms with Crippen molar-refractivity contribution >= 4 is 24.2 Å². The van der Waals surface area contributed by atoms with Gasteiger partial charge in [0.05, 0.1) is 12.5 Å². The second kappa shape index (κ2) is 8.76. The molecule has 1 fully saturated rings. The maximum Gasteiger partial charge on any atom is 0.225 e. The van der Waals surface area contributed by atoms with Crippen molar-refractivity contribution in [2.75, 3.05) is 19.6 Å². The molecule has 2 N–H and O–H groups in total. The van der Waals surface area contributed by atoms with Gasteiger partial charge < -0.3 is 15.5 Å². The van der Waals surface area contributed by atoms with E-state index in [0.717, 1.165) is 25.2 Å². The van der Waals surface area contributed by atoms with E-state index in [0.29, 0.717) is 6.42 Å².